The van der Waals surface area contributed by atoms with Crippen molar-refractivity contribution in [1.29, 1.82) is 0 Å². The van der Waals surface area contributed by atoms with E-state index in [1.165, 1.54) is 122 Å². The molecule has 0 aromatic carbocycles. The van der Waals surface area contributed by atoms with Gasteiger partial charge in [-0.15, -0.1) is 0 Å². The van der Waals surface area contributed by atoms with Gasteiger partial charge in [-0.3, -0.25) is 13.8 Å². The van der Waals surface area contributed by atoms with E-state index in [2.05, 4.69) is 86.8 Å². The number of hydrogen-bond acceptors (Lipinski definition) is 11. The van der Waals surface area contributed by atoms with Crippen molar-refractivity contribution in [1.82, 2.24) is 0 Å². The molecular formula is C57H101O12P. The minimum absolute atomic E-state index is 0.0931. The molecule has 1 aliphatic rings. The topological polar surface area (TPSA) is 192 Å². The Morgan fingerprint density at radius 2 is 0.843 bits per heavy atom. The van der Waals surface area contributed by atoms with Crippen LogP contribution in [0.15, 0.2) is 72.9 Å². The molecule has 6 atom stereocenters. The highest BCUT2D eigenvalue weighted by molar-refractivity contribution is 7.47. The molecule has 1 fully saturated rings. The summed E-state index contributed by atoms with van der Waals surface area (Å²) in [6.45, 7) is 4.13. The number of esters is 1. The number of aliphatic hydroxyl groups excluding tert-OH is 5. The Kier molecular flexibility index (Phi) is 43.8. The van der Waals surface area contributed by atoms with Crippen molar-refractivity contribution >= 4 is 13.8 Å². The van der Waals surface area contributed by atoms with E-state index < -0.39 is 63.1 Å². The van der Waals surface area contributed by atoms with Gasteiger partial charge in [-0.05, 0) is 83.5 Å². The normalized spacial score (nSPS) is 21.4. The van der Waals surface area contributed by atoms with E-state index in [-0.39, 0.29) is 13.0 Å². The van der Waals surface area contributed by atoms with Crippen LogP contribution in [0.2, 0.25) is 0 Å². The van der Waals surface area contributed by atoms with E-state index in [1.807, 2.05) is 0 Å². The summed E-state index contributed by atoms with van der Waals surface area (Å²) in [5, 5.41) is 50.4. The third-order valence-electron chi connectivity index (χ3n) is 12.6. The highest BCUT2D eigenvalue weighted by Crippen LogP contribution is 2.47. The predicted octanol–water partition coefficient (Wildman–Crippen LogP) is 13.1. The summed E-state index contributed by atoms with van der Waals surface area (Å²) in [5.41, 5.74) is 0. The van der Waals surface area contributed by atoms with Gasteiger partial charge >= 0.3 is 13.8 Å². The minimum Gasteiger partial charge on any atom is -0.457 e. The first-order valence-corrected chi connectivity index (χ1v) is 29.3. The van der Waals surface area contributed by atoms with Crippen LogP contribution in [-0.2, 0) is 27.9 Å². The molecule has 0 amide bonds. The van der Waals surface area contributed by atoms with Crippen LogP contribution >= 0.6 is 7.82 Å². The monoisotopic (exact) mass is 1010 g/mol. The van der Waals surface area contributed by atoms with Crippen molar-refractivity contribution in [2.24, 2.45) is 0 Å². The van der Waals surface area contributed by atoms with Gasteiger partial charge < -0.3 is 39.9 Å². The molecule has 1 saturated carbocycles. The quantitative estimate of drug-likeness (QED) is 0.0147. The molecule has 406 valence electrons. The lowest BCUT2D eigenvalue weighted by molar-refractivity contribution is -0.220. The Labute approximate surface area is 425 Å². The molecule has 6 unspecified atom stereocenters. The molecule has 6 N–H and O–H groups in total. The summed E-state index contributed by atoms with van der Waals surface area (Å²) in [7, 11) is -5.04. The van der Waals surface area contributed by atoms with Gasteiger partial charge in [0.15, 0.2) is 0 Å². The van der Waals surface area contributed by atoms with Crippen molar-refractivity contribution in [2.45, 2.75) is 262 Å². The number of aliphatic hydroxyl groups is 5. The summed E-state index contributed by atoms with van der Waals surface area (Å²) in [5.74, 6) is -0.508. The van der Waals surface area contributed by atoms with Crippen LogP contribution in [0.3, 0.4) is 0 Å². The highest BCUT2D eigenvalue weighted by Gasteiger charge is 2.51. The van der Waals surface area contributed by atoms with Crippen LogP contribution in [-0.4, -0.2) is 98.9 Å². The molecule has 0 radical (unpaired) electrons. The summed E-state index contributed by atoms with van der Waals surface area (Å²) in [4.78, 5) is 23.3. The second-order valence-electron chi connectivity index (χ2n) is 19.0. The fourth-order valence-corrected chi connectivity index (χ4v) is 9.17. The second-order valence-corrected chi connectivity index (χ2v) is 20.5. The van der Waals surface area contributed by atoms with Crippen molar-refractivity contribution in [3.8, 4) is 0 Å². The number of phosphoric acid groups is 1. The summed E-state index contributed by atoms with van der Waals surface area (Å²) >= 11 is 0. The summed E-state index contributed by atoms with van der Waals surface area (Å²) in [6.07, 6.45) is 49.7. The summed E-state index contributed by atoms with van der Waals surface area (Å²) in [6, 6.07) is 0. The fraction of sp³-hybridized carbons (Fsp3) is 0.772. The molecule has 1 rings (SSSR count). The molecule has 1 aliphatic carbocycles. The van der Waals surface area contributed by atoms with Crippen molar-refractivity contribution in [3.05, 3.63) is 72.9 Å². The van der Waals surface area contributed by atoms with Crippen LogP contribution in [0.1, 0.15) is 219 Å². The zero-order valence-electron chi connectivity index (χ0n) is 43.8. The van der Waals surface area contributed by atoms with Gasteiger partial charge in [0.1, 0.15) is 42.7 Å². The molecule has 13 heteroatoms. The van der Waals surface area contributed by atoms with Crippen molar-refractivity contribution in [2.75, 3.05) is 19.8 Å². The standard InChI is InChI=1S/C57H101O12P/c1-3-5-7-9-11-13-15-17-19-21-23-24-25-26-27-29-31-33-35-37-39-41-43-45-47-66-48-50(49-67-70(64,65)69-57-55(62)53(60)52(59)54(61)56(57)63)68-51(58)46-44-42-40-38-36-34-32-30-28-22-20-18-16-14-12-10-8-6-4-2/h6,8,12,14,18,20-21,23,28,30,34,36,50,52-57,59-63H,3-5,7,9-11,13,15-17,19,22,24-27,29,31-33,35,37-49H2,1-2H3,(H,64,65)/b8-6-,14-12-,20-18-,23-21-,30-28-,36-34-. The molecule has 0 spiro atoms. The molecule has 12 nitrogen and oxygen atoms in total. The number of rotatable bonds is 47. The lowest BCUT2D eigenvalue weighted by Gasteiger charge is -2.41. The van der Waals surface area contributed by atoms with Crippen LogP contribution < -0.4 is 0 Å². The first kappa shape index (κ1) is 65.8. The Hall–Kier alpha value is -2.22. The Morgan fingerprint density at radius 3 is 1.30 bits per heavy atom. The van der Waals surface area contributed by atoms with Crippen LogP contribution in [0, 0.1) is 0 Å². The minimum atomic E-state index is -5.04. The molecule has 0 aromatic heterocycles. The molecule has 70 heavy (non-hydrogen) atoms. The average molecular weight is 1010 g/mol. The zero-order chi connectivity index (χ0) is 51.2. The first-order valence-electron chi connectivity index (χ1n) is 27.8. The zero-order valence-corrected chi connectivity index (χ0v) is 44.7. The predicted molar refractivity (Wildman–Crippen MR) is 285 cm³/mol. The van der Waals surface area contributed by atoms with E-state index in [1.54, 1.807) is 0 Å². The molecular weight excluding hydrogens is 908 g/mol. The molecule has 0 saturated heterocycles. The number of carbonyl (C=O) groups is 1. The van der Waals surface area contributed by atoms with E-state index in [9.17, 15) is 39.8 Å². The Morgan fingerprint density at radius 1 is 0.471 bits per heavy atom. The second kappa shape index (κ2) is 46.6. The van der Waals surface area contributed by atoms with Gasteiger partial charge in [-0.25, -0.2) is 4.57 Å². The molecule has 0 aliphatic heterocycles. The number of unbranched alkanes of at least 4 members (excludes halogenated alkanes) is 23. The van der Waals surface area contributed by atoms with Crippen molar-refractivity contribution in [3.63, 3.8) is 0 Å². The van der Waals surface area contributed by atoms with E-state index in [4.69, 9.17) is 18.5 Å². The van der Waals surface area contributed by atoms with Crippen molar-refractivity contribution < 1.29 is 58.3 Å². The van der Waals surface area contributed by atoms with Crippen LogP contribution in [0.25, 0.3) is 0 Å². The van der Waals surface area contributed by atoms with Gasteiger partial charge in [0.05, 0.1) is 13.2 Å². The Balaban J connectivity index is 2.32. The van der Waals surface area contributed by atoms with Crippen LogP contribution in [0.4, 0.5) is 0 Å². The third-order valence-corrected chi connectivity index (χ3v) is 13.5. The number of carbonyl (C=O) groups excluding carboxylic acids is 1. The lowest BCUT2D eigenvalue weighted by Crippen LogP contribution is -2.64. The average Bonchev–Trinajstić information content (AvgIpc) is 3.35. The van der Waals surface area contributed by atoms with Gasteiger partial charge in [0.2, 0.25) is 0 Å². The van der Waals surface area contributed by atoms with Gasteiger partial charge in [-0.2, -0.15) is 0 Å². The number of ether oxygens (including phenoxy) is 2. The molecule has 0 bridgehead atoms. The van der Waals surface area contributed by atoms with E-state index in [0.29, 0.717) is 13.0 Å². The number of allylic oxidation sites excluding steroid dienone is 12. The largest absolute Gasteiger partial charge is 0.472 e. The number of phosphoric ester groups is 1. The fourth-order valence-electron chi connectivity index (χ4n) is 8.20. The van der Waals surface area contributed by atoms with Gasteiger partial charge in [0, 0.05) is 13.0 Å². The van der Waals surface area contributed by atoms with Gasteiger partial charge in [0.25, 0.3) is 0 Å². The van der Waals surface area contributed by atoms with E-state index in [0.717, 1.165) is 70.6 Å². The number of hydrogen-bond donors (Lipinski definition) is 6. The maximum atomic E-state index is 12.9. The molecule has 0 aromatic rings. The smallest absolute Gasteiger partial charge is 0.457 e. The maximum absolute atomic E-state index is 12.9. The van der Waals surface area contributed by atoms with E-state index >= 15 is 0 Å². The first-order chi connectivity index (χ1) is 34.0. The molecule has 0 heterocycles. The van der Waals surface area contributed by atoms with Crippen LogP contribution in [0.5, 0.6) is 0 Å². The maximum Gasteiger partial charge on any atom is 0.472 e. The summed E-state index contributed by atoms with van der Waals surface area (Å²) < 4.78 is 34.3. The SMILES string of the molecule is CC/C=C\C/C=C\C/C=C\C/C=C\C/C=C\CCCCCC(=O)OC(COCCCCCCCCCCCCCC/C=C\CCCCCCCCCC)COP(=O)(O)OC1C(O)C(O)C(O)C(O)C1O. The Bertz CT molecular complexity index is 1430. The third kappa shape index (κ3) is 37.5. The lowest BCUT2D eigenvalue weighted by atomic mass is 9.85. The highest BCUT2D eigenvalue weighted by atomic mass is 31.2. The van der Waals surface area contributed by atoms with Gasteiger partial charge in [-0.1, -0.05) is 202 Å².